The van der Waals surface area contributed by atoms with Gasteiger partial charge in [0, 0.05) is 16.6 Å². The monoisotopic (exact) mass is 296 g/mol. The highest BCUT2D eigenvalue weighted by molar-refractivity contribution is 7.99. The fourth-order valence-electron chi connectivity index (χ4n) is 4.15. The van der Waals surface area contributed by atoms with E-state index in [1.54, 1.807) is 6.92 Å². The Balaban J connectivity index is 1.43. The molecule has 0 aromatic heterocycles. The van der Waals surface area contributed by atoms with Crippen LogP contribution in [0.2, 0.25) is 0 Å². The highest BCUT2D eigenvalue weighted by Crippen LogP contribution is 2.58. The third kappa shape index (κ3) is 2.77. The van der Waals surface area contributed by atoms with Crippen LogP contribution in [-0.2, 0) is 14.3 Å². The van der Waals surface area contributed by atoms with Crippen molar-refractivity contribution in [3.05, 3.63) is 12.2 Å². The Kier molecular flexibility index (Phi) is 4.14. The molecule has 3 aliphatic rings. The largest absolute Gasteiger partial charge is 0.461 e. The fraction of sp³-hybridized carbons (Fsp3) is 0.812. The molecule has 0 aromatic rings. The Morgan fingerprint density at radius 1 is 1.45 bits per heavy atom. The number of epoxide rings is 1. The Hall–Kier alpha value is -0.480. The van der Waals surface area contributed by atoms with Crippen LogP contribution in [0.3, 0.4) is 0 Å². The minimum Gasteiger partial charge on any atom is -0.461 e. The van der Waals surface area contributed by atoms with Crippen LogP contribution >= 0.6 is 11.8 Å². The van der Waals surface area contributed by atoms with Crippen LogP contribution in [-0.4, -0.2) is 36.3 Å². The molecule has 3 fully saturated rings. The lowest BCUT2D eigenvalue weighted by molar-refractivity contribution is -0.138. The smallest absolute Gasteiger partial charge is 0.333 e. The van der Waals surface area contributed by atoms with Crippen molar-refractivity contribution in [2.45, 2.75) is 38.0 Å². The van der Waals surface area contributed by atoms with Gasteiger partial charge in [0.15, 0.2) is 0 Å². The standard InChI is InChI=1S/C16H24O3S/c1-9(2)16(17)18-4-5-20-14-7-11-6-12(14)15(10(11)3)13-8-19-13/h10-15H,1,4-8H2,2-3H3. The summed E-state index contributed by atoms with van der Waals surface area (Å²) in [6, 6.07) is 0. The summed E-state index contributed by atoms with van der Waals surface area (Å²) in [4.78, 5) is 11.3. The molecule has 0 amide bonds. The summed E-state index contributed by atoms with van der Waals surface area (Å²) in [6.45, 7) is 9.17. The molecule has 112 valence electrons. The molecule has 0 radical (unpaired) electrons. The average molecular weight is 296 g/mol. The van der Waals surface area contributed by atoms with Gasteiger partial charge in [0.1, 0.15) is 6.61 Å². The molecule has 1 heterocycles. The first kappa shape index (κ1) is 14.5. The van der Waals surface area contributed by atoms with Crippen LogP contribution in [0.15, 0.2) is 12.2 Å². The van der Waals surface area contributed by atoms with E-state index in [0.717, 1.165) is 41.3 Å². The molecule has 3 nitrogen and oxygen atoms in total. The molecule has 3 rings (SSSR count). The zero-order valence-corrected chi connectivity index (χ0v) is 13.2. The lowest BCUT2D eigenvalue weighted by Gasteiger charge is -2.32. The number of esters is 1. The minimum atomic E-state index is -0.267. The van der Waals surface area contributed by atoms with Crippen molar-refractivity contribution in [3.63, 3.8) is 0 Å². The van der Waals surface area contributed by atoms with Crippen molar-refractivity contribution in [1.29, 1.82) is 0 Å². The van der Waals surface area contributed by atoms with E-state index in [4.69, 9.17) is 9.47 Å². The van der Waals surface area contributed by atoms with E-state index in [1.807, 2.05) is 11.8 Å². The topological polar surface area (TPSA) is 38.8 Å². The number of fused-ring (bicyclic) bond motifs is 2. The molecule has 20 heavy (non-hydrogen) atoms. The molecule has 2 saturated carbocycles. The molecule has 0 spiro atoms. The van der Waals surface area contributed by atoms with Gasteiger partial charge >= 0.3 is 5.97 Å². The molecule has 2 aliphatic carbocycles. The van der Waals surface area contributed by atoms with Gasteiger partial charge in [-0.2, -0.15) is 11.8 Å². The van der Waals surface area contributed by atoms with Crippen LogP contribution < -0.4 is 0 Å². The van der Waals surface area contributed by atoms with E-state index in [2.05, 4.69) is 13.5 Å². The van der Waals surface area contributed by atoms with Crippen LogP contribution in [0.4, 0.5) is 0 Å². The maximum Gasteiger partial charge on any atom is 0.333 e. The maximum atomic E-state index is 11.3. The molecular formula is C16H24O3S. The Morgan fingerprint density at radius 3 is 2.80 bits per heavy atom. The molecule has 1 saturated heterocycles. The molecule has 2 bridgehead atoms. The number of thioether (sulfide) groups is 1. The molecular weight excluding hydrogens is 272 g/mol. The van der Waals surface area contributed by atoms with Gasteiger partial charge in [0.05, 0.1) is 12.7 Å². The first-order valence-corrected chi connectivity index (χ1v) is 8.68. The Morgan fingerprint density at radius 2 is 2.20 bits per heavy atom. The minimum absolute atomic E-state index is 0.267. The number of carbonyl (C=O) groups excluding carboxylic acids is 1. The SMILES string of the molecule is C=C(C)C(=O)OCCSC1CC2CC1C(C1CO1)C2C. The van der Waals surface area contributed by atoms with E-state index in [9.17, 15) is 4.79 Å². The number of rotatable bonds is 6. The van der Waals surface area contributed by atoms with Crippen molar-refractivity contribution in [2.24, 2.45) is 23.7 Å². The molecule has 1 aliphatic heterocycles. The van der Waals surface area contributed by atoms with Crippen molar-refractivity contribution in [1.82, 2.24) is 0 Å². The molecule has 6 atom stereocenters. The number of carbonyl (C=O) groups is 1. The van der Waals surface area contributed by atoms with E-state index >= 15 is 0 Å². The van der Waals surface area contributed by atoms with Gasteiger partial charge in [-0.05, 0) is 43.4 Å². The van der Waals surface area contributed by atoms with E-state index in [0.29, 0.717) is 18.3 Å². The van der Waals surface area contributed by atoms with Crippen LogP contribution in [0.1, 0.15) is 26.7 Å². The van der Waals surface area contributed by atoms with E-state index in [-0.39, 0.29) is 5.97 Å². The zero-order valence-electron chi connectivity index (χ0n) is 12.3. The third-order valence-electron chi connectivity index (χ3n) is 5.22. The normalized spacial score (nSPS) is 41.7. The van der Waals surface area contributed by atoms with Crippen molar-refractivity contribution >= 4 is 17.7 Å². The summed E-state index contributed by atoms with van der Waals surface area (Å²) in [5, 5.41) is 0.744. The lowest BCUT2D eigenvalue weighted by atomic mass is 9.78. The summed E-state index contributed by atoms with van der Waals surface area (Å²) in [7, 11) is 0. The summed E-state index contributed by atoms with van der Waals surface area (Å²) in [5.41, 5.74) is 0.481. The number of hydrogen-bond acceptors (Lipinski definition) is 4. The fourth-order valence-corrected chi connectivity index (χ4v) is 5.56. The second-order valence-corrected chi connectivity index (χ2v) is 7.88. The summed E-state index contributed by atoms with van der Waals surface area (Å²) in [6.07, 6.45) is 3.27. The van der Waals surface area contributed by atoms with Crippen LogP contribution in [0, 0.1) is 23.7 Å². The highest BCUT2D eigenvalue weighted by atomic mass is 32.2. The number of hydrogen-bond donors (Lipinski definition) is 0. The lowest BCUT2D eigenvalue weighted by Crippen LogP contribution is -2.32. The van der Waals surface area contributed by atoms with Crippen LogP contribution in [0.25, 0.3) is 0 Å². The van der Waals surface area contributed by atoms with E-state index < -0.39 is 0 Å². The molecule has 0 aromatic carbocycles. The highest BCUT2D eigenvalue weighted by Gasteiger charge is 2.55. The predicted octanol–water partition coefficient (Wildman–Crippen LogP) is 2.90. The zero-order chi connectivity index (χ0) is 14.3. The quantitative estimate of drug-likeness (QED) is 0.327. The second-order valence-electron chi connectivity index (χ2n) is 6.53. The van der Waals surface area contributed by atoms with Gasteiger partial charge in [-0.1, -0.05) is 13.5 Å². The first-order valence-electron chi connectivity index (χ1n) is 7.63. The van der Waals surface area contributed by atoms with Crippen molar-refractivity contribution < 1.29 is 14.3 Å². The first-order chi connectivity index (χ1) is 9.58. The van der Waals surface area contributed by atoms with E-state index in [1.165, 1.54) is 12.8 Å². The second kappa shape index (κ2) is 5.72. The Bertz CT molecular complexity index is 405. The van der Waals surface area contributed by atoms with Crippen molar-refractivity contribution in [2.75, 3.05) is 19.0 Å². The van der Waals surface area contributed by atoms with Crippen LogP contribution in [0.5, 0.6) is 0 Å². The molecule has 0 N–H and O–H groups in total. The van der Waals surface area contributed by atoms with Gasteiger partial charge in [-0.3, -0.25) is 0 Å². The summed E-state index contributed by atoms with van der Waals surface area (Å²) in [5.74, 6) is 3.97. The average Bonchev–Trinajstić information content (AvgIpc) is 3.09. The van der Waals surface area contributed by atoms with Gasteiger partial charge < -0.3 is 9.47 Å². The van der Waals surface area contributed by atoms with Gasteiger partial charge in [0.2, 0.25) is 0 Å². The van der Waals surface area contributed by atoms with Crippen molar-refractivity contribution in [3.8, 4) is 0 Å². The summed E-state index contributed by atoms with van der Waals surface area (Å²) >= 11 is 1.99. The van der Waals surface area contributed by atoms with Gasteiger partial charge in [-0.15, -0.1) is 0 Å². The Labute approximate surface area is 125 Å². The van der Waals surface area contributed by atoms with Gasteiger partial charge in [-0.25, -0.2) is 4.79 Å². The number of ether oxygens (including phenoxy) is 2. The third-order valence-corrected chi connectivity index (χ3v) is 6.59. The predicted molar refractivity (Wildman–Crippen MR) is 80.6 cm³/mol. The molecule has 4 heteroatoms. The summed E-state index contributed by atoms with van der Waals surface area (Å²) < 4.78 is 10.7. The van der Waals surface area contributed by atoms with Gasteiger partial charge in [0.25, 0.3) is 0 Å². The maximum absolute atomic E-state index is 11.3. The molecule has 6 unspecified atom stereocenters.